The number of nitrogens with one attached hydrogen (secondary N) is 1. The van der Waals surface area contributed by atoms with E-state index in [2.05, 4.69) is 35.6 Å². The highest BCUT2D eigenvalue weighted by molar-refractivity contribution is 5.70. The van der Waals surface area contributed by atoms with Crippen LogP contribution in [0.3, 0.4) is 0 Å². The molecule has 1 aliphatic heterocycles. The molecule has 0 bridgehead atoms. The number of H-pyrrole nitrogens is 1. The molecular weight excluding hydrogens is 288 g/mol. The fourth-order valence-electron chi connectivity index (χ4n) is 3.65. The van der Waals surface area contributed by atoms with Gasteiger partial charge >= 0.3 is 5.69 Å². The van der Waals surface area contributed by atoms with Crippen LogP contribution < -0.4 is 5.69 Å². The van der Waals surface area contributed by atoms with Gasteiger partial charge in [0.15, 0.2) is 5.65 Å². The Hall–Kier alpha value is -1.62. The minimum Gasteiger partial charge on any atom is -0.304 e. The number of piperidine rings is 1. The van der Waals surface area contributed by atoms with Crippen LogP contribution in [0.5, 0.6) is 0 Å². The van der Waals surface area contributed by atoms with Gasteiger partial charge in [-0.25, -0.2) is 9.78 Å². The molecule has 5 nitrogen and oxygen atoms in total. The van der Waals surface area contributed by atoms with E-state index in [1.165, 1.54) is 12.8 Å². The normalized spacial score (nSPS) is 21.1. The minimum absolute atomic E-state index is 0.0274. The van der Waals surface area contributed by atoms with E-state index < -0.39 is 0 Å². The Morgan fingerprint density at radius 3 is 2.96 bits per heavy atom. The summed E-state index contributed by atoms with van der Waals surface area (Å²) in [5, 5.41) is 0. The van der Waals surface area contributed by atoms with Crippen LogP contribution >= 0.6 is 0 Å². The first-order chi connectivity index (χ1) is 11.1. The molecule has 5 heteroatoms. The largest absolute Gasteiger partial charge is 0.327 e. The molecule has 0 aromatic carbocycles. The van der Waals surface area contributed by atoms with Gasteiger partial charge in [0.2, 0.25) is 0 Å². The first kappa shape index (κ1) is 16.2. The van der Waals surface area contributed by atoms with Crippen molar-refractivity contribution in [2.24, 2.45) is 5.92 Å². The minimum atomic E-state index is -0.0274. The smallest absolute Gasteiger partial charge is 0.304 e. The number of nitrogens with zero attached hydrogens (tertiary/aromatic N) is 3. The van der Waals surface area contributed by atoms with E-state index in [1.807, 2.05) is 16.7 Å². The Labute approximate surface area is 137 Å². The lowest BCUT2D eigenvalue weighted by molar-refractivity contribution is 0.125. The van der Waals surface area contributed by atoms with Crippen LogP contribution in [0.4, 0.5) is 0 Å². The lowest BCUT2D eigenvalue weighted by atomic mass is 9.99. The quantitative estimate of drug-likeness (QED) is 0.921. The maximum Gasteiger partial charge on any atom is 0.327 e. The number of likely N-dealkylation sites (tertiary alicyclic amines) is 1. The van der Waals surface area contributed by atoms with Gasteiger partial charge in [0, 0.05) is 18.8 Å². The molecule has 1 saturated heterocycles. The number of hydrogen-bond acceptors (Lipinski definition) is 3. The number of fused-ring (bicyclic) bond motifs is 1. The molecule has 126 valence electrons. The van der Waals surface area contributed by atoms with Crippen molar-refractivity contribution in [3.63, 3.8) is 0 Å². The fraction of sp³-hybridized carbons (Fsp3) is 0.667. The number of rotatable bonds is 5. The number of pyridine rings is 1. The maximum absolute atomic E-state index is 12.4. The van der Waals surface area contributed by atoms with Crippen molar-refractivity contribution in [2.45, 2.75) is 58.5 Å². The van der Waals surface area contributed by atoms with Gasteiger partial charge in [-0.3, -0.25) is 9.47 Å². The third kappa shape index (κ3) is 3.50. The molecule has 2 aromatic rings. The van der Waals surface area contributed by atoms with Crippen molar-refractivity contribution in [1.82, 2.24) is 19.4 Å². The molecule has 0 spiro atoms. The zero-order valence-electron chi connectivity index (χ0n) is 14.5. The van der Waals surface area contributed by atoms with Gasteiger partial charge in [0.1, 0.15) is 0 Å². The van der Waals surface area contributed by atoms with Gasteiger partial charge < -0.3 is 4.98 Å². The molecule has 2 aromatic heterocycles. The number of hydrogen-bond donors (Lipinski definition) is 1. The Bertz CT molecular complexity index is 702. The average Bonchev–Trinajstić information content (AvgIpc) is 2.88. The molecule has 0 saturated carbocycles. The van der Waals surface area contributed by atoms with E-state index in [0.29, 0.717) is 6.04 Å². The van der Waals surface area contributed by atoms with Crippen LogP contribution in [-0.2, 0) is 0 Å². The molecule has 3 rings (SSSR count). The van der Waals surface area contributed by atoms with Crippen molar-refractivity contribution in [3.05, 3.63) is 28.8 Å². The van der Waals surface area contributed by atoms with E-state index in [1.54, 1.807) is 6.20 Å². The summed E-state index contributed by atoms with van der Waals surface area (Å²) in [5.74, 6) is 0.749. The third-order valence-electron chi connectivity index (χ3n) is 5.05. The zero-order valence-corrected chi connectivity index (χ0v) is 14.5. The summed E-state index contributed by atoms with van der Waals surface area (Å²) in [6.07, 6.45) is 6.44. The molecule has 0 radical (unpaired) electrons. The Balaban J connectivity index is 1.78. The lowest BCUT2D eigenvalue weighted by Gasteiger charge is -2.37. The Kier molecular flexibility index (Phi) is 4.85. The second-order valence-electron chi connectivity index (χ2n) is 7.29. The average molecular weight is 316 g/mol. The molecule has 1 fully saturated rings. The molecule has 23 heavy (non-hydrogen) atoms. The predicted molar refractivity (Wildman–Crippen MR) is 93.7 cm³/mol. The second kappa shape index (κ2) is 6.87. The van der Waals surface area contributed by atoms with Gasteiger partial charge in [-0.05, 0) is 57.2 Å². The van der Waals surface area contributed by atoms with Crippen LogP contribution in [0.2, 0.25) is 0 Å². The van der Waals surface area contributed by atoms with E-state index in [-0.39, 0.29) is 11.7 Å². The van der Waals surface area contributed by atoms with Gasteiger partial charge in [-0.2, -0.15) is 0 Å². The molecule has 3 heterocycles. The predicted octanol–water partition coefficient (Wildman–Crippen LogP) is 3.19. The highest BCUT2D eigenvalue weighted by Gasteiger charge is 2.27. The first-order valence-corrected chi connectivity index (χ1v) is 8.85. The van der Waals surface area contributed by atoms with E-state index in [4.69, 9.17) is 0 Å². The van der Waals surface area contributed by atoms with E-state index >= 15 is 0 Å². The van der Waals surface area contributed by atoms with Crippen LogP contribution in [-0.4, -0.2) is 38.6 Å². The van der Waals surface area contributed by atoms with Gasteiger partial charge in [-0.1, -0.05) is 13.8 Å². The molecule has 1 aliphatic rings. The summed E-state index contributed by atoms with van der Waals surface area (Å²) in [6.45, 7) is 8.97. The zero-order chi connectivity index (χ0) is 16.4. The molecule has 1 N–H and O–H groups in total. The van der Waals surface area contributed by atoms with Crippen LogP contribution in [0.1, 0.15) is 52.5 Å². The van der Waals surface area contributed by atoms with Gasteiger partial charge in [0.25, 0.3) is 0 Å². The SMILES string of the molecule is CC(C)CCC(C)N1CCCC(n2c(=O)[nH]c3cccnc32)C1. The number of aromatic nitrogens is 3. The van der Waals surface area contributed by atoms with E-state index in [0.717, 1.165) is 43.0 Å². The van der Waals surface area contributed by atoms with Crippen molar-refractivity contribution >= 4 is 11.2 Å². The molecular formula is C18H28N4O. The van der Waals surface area contributed by atoms with Gasteiger partial charge in [0.05, 0.1) is 11.6 Å². The van der Waals surface area contributed by atoms with E-state index in [9.17, 15) is 4.79 Å². The Morgan fingerprint density at radius 1 is 1.35 bits per heavy atom. The summed E-state index contributed by atoms with van der Waals surface area (Å²) in [7, 11) is 0. The summed E-state index contributed by atoms with van der Waals surface area (Å²) in [5.41, 5.74) is 1.60. The first-order valence-electron chi connectivity index (χ1n) is 8.85. The monoisotopic (exact) mass is 316 g/mol. The topological polar surface area (TPSA) is 53.9 Å². The van der Waals surface area contributed by atoms with Crippen molar-refractivity contribution < 1.29 is 0 Å². The van der Waals surface area contributed by atoms with Crippen molar-refractivity contribution in [2.75, 3.05) is 13.1 Å². The summed E-state index contributed by atoms with van der Waals surface area (Å²) in [6, 6.07) is 4.59. The highest BCUT2D eigenvalue weighted by atomic mass is 16.1. The molecule has 2 atom stereocenters. The van der Waals surface area contributed by atoms with Crippen molar-refractivity contribution in [3.8, 4) is 0 Å². The summed E-state index contributed by atoms with van der Waals surface area (Å²) in [4.78, 5) is 22.3. The molecule has 0 amide bonds. The summed E-state index contributed by atoms with van der Waals surface area (Å²) < 4.78 is 1.87. The van der Waals surface area contributed by atoms with Gasteiger partial charge in [-0.15, -0.1) is 0 Å². The number of imidazole rings is 1. The fourth-order valence-corrected chi connectivity index (χ4v) is 3.65. The lowest BCUT2D eigenvalue weighted by Crippen LogP contribution is -2.43. The highest BCUT2D eigenvalue weighted by Crippen LogP contribution is 2.25. The van der Waals surface area contributed by atoms with Crippen LogP contribution in [0, 0.1) is 5.92 Å². The standard InChI is InChI=1S/C18H28N4O/c1-13(2)8-9-14(3)21-11-5-6-15(12-21)22-17-16(20-18(22)23)7-4-10-19-17/h4,7,10,13-15H,5-6,8-9,11-12H2,1-3H3,(H,20,23). The van der Waals surface area contributed by atoms with Crippen LogP contribution in [0.15, 0.2) is 23.1 Å². The van der Waals surface area contributed by atoms with Crippen LogP contribution in [0.25, 0.3) is 11.2 Å². The maximum atomic E-state index is 12.4. The van der Waals surface area contributed by atoms with Crippen molar-refractivity contribution in [1.29, 1.82) is 0 Å². The molecule has 0 aliphatic carbocycles. The Morgan fingerprint density at radius 2 is 2.17 bits per heavy atom. The summed E-state index contributed by atoms with van der Waals surface area (Å²) >= 11 is 0. The molecule has 2 unspecified atom stereocenters. The second-order valence-corrected chi connectivity index (χ2v) is 7.29. The third-order valence-corrected chi connectivity index (χ3v) is 5.05. The number of aromatic amines is 1.